The normalized spacial score (nSPS) is 23.2. The van der Waals surface area contributed by atoms with Crippen LogP contribution in [-0.2, 0) is 11.2 Å². The van der Waals surface area contributed by atoms with Crippen LogP contribution in [0, 0.1) is 5.92 Å². The summed E-state index contributed by atoms with van der Waals surface area (Å²) in [6.45, 7) is 5.13. The molecule has 3 heteroatoms. The molecular weight excluding hydrogens is 252 g/mol. The van der Waals surface area contributed by atoms with Crippen LogP contribution in [-0.4, -0.2) is 24.9 Å². The lowest BCUT2D eigenvalue weighted by Gasteiger charge is -2.31. The van der Waals surface area contributed by atoms with E-state index in [1.54, 1.807) is 7.11 Å². The highest BCUT2D eigenvalue weighted by Gasteiger charge is 2.29. The molecule has 1 aliphatic rings. The van der Waals surface area contributed by atoms with Gasteiger partial charge in [-0.05, 0) is 48.4 Å². The summed E-state index contributed by atoms with van der Waals surface area (Å²) in [6, 6.07) is 5.89. The highest BCUT2D eigenvalue weighted by atomic mass is 16.5. The molecule has 20 heavy (non-hydrogen) atoms. The molecule has 3 unspecified atom stereocenters. The van der Waals surface area contributed by atoms with Gasteiger partial charge in [-0.25, -0.2) is 0 Å². The summed E-state index contributed by atoms with van der Waals surface area (Å²) in [5, 5.41) is 10.5. The number of methoxy groups -OCH3 is 1. The van der Waals surface area contributed by atoms with Crippen LogP contribution in [0.25, 0.3) is 0 Å². The van der Waals surface area contributed by atoms with Gasteiger partial charge < -0.3 is 14.6 Å². The summed E-state index contributed by atoms with van der Waals surface area (Å²) in [5.41, 5.74) is 2.17. The summed E-state index contributed by atoms with van der Waals surface area (Å²) >= 11 is 0. The first-order valence-corrected chi connectivity index (χ1v) is 7.62. The maximum atomic E-state index is 10.5. The SMILES string of the molecule is CCCC(C)COC1CCc2cc(OC)ccc2C1O. The molecule has 2 rings (SSSR count). The third kappa shape index (κ3) is 3.53. The first-order valence-electron chi connectivity index (χ1n) is 7.62. The molecule has 0 radical (unpaired) electrons. The molecule has 0 aromatic heterocycles. The van der Waals surface area contributed by atoms with Crippen molar-refractivity contribution in [1.82, 2.24) is 0 Å². The van der Waals surface area contributed by atoms with Crippen molar-refractivity contribution in [1.29, 1.82) is 0 Å². The maximum Gasteiger partial charge on any atom is 0.119 e. The van der Waals surface area contributed by atoms with Gasteiger partial charge in [-0.2, -0.15) is 0 Å². The summed E-state index contributed by atoms with van der Waals surface area (Å²) in [5.74, 6) is 1.41. The average molecular weight is 278 g/mol. The van der Waals surface area contributed by atoms with E-state index in [0.29, 0.717) is 5.92 Å². The van der Waals surface area contributed by atoms with Crippen molar-refractivity contribution in [3.8, 4) is 5.75 Å². The van der Waals surface area contributed by atoms with Crippen LogP contribution in [0.2, 0.25) is 0 Å². The lowest BCUT2D eigenvalue weighted by atomic mass is 9.87. The van der Waals surface area contributed by atoms with E-state index in [1.165, 1.54) is 18.4 Å². The number of ether oxygens (including phenoxy) is 2. The second kappa shape index (κ2) is 7.09. The Balaban J connectivity index is 1.98. The van der Waals surface area contributed by atoms with Gasteiger partial charge in [0.2, 0.25) is 0 Å². The van der Waals surface area contributed by atoms with Gasteiger partial charge in [0, 0.05) is 6.61 Å². The van der Waals surface area contributed by atoms with E-state index >= 15 is 0 Å². The Labute approximate surface area is 121 Å². The molecule has 0 bridgehead atoms. The molecule has 1 aromatic carbocycles. The van der Waals surface area contributed by atoms with Gasteiger partial charge in [-0.3, -0.25) is 0 Å². The second-order valence-electron chi connectivity index (χ2n) is 5.81. The zero-order valence-corrected chi connectivity index (χ0v) is 12.8. The van der Waals surface area contributed by atoms with Crippen LogP contribution >= 0.6 is 0 Å². The van der Waals surface area contributed by atoms with Gasteiger partial charge in [0.05, 0.1) is 13.2 Å². The van der Waals surface area contributed by atoms with E-state index in [4.69, 9.17) is 9.47 Å². The third-order valence-electron chi connectivity index (χ3n) is 4.10. The van der Waals surface area contributed by atoms with Crippen LogP contribution in [0.15, 0.2) is 18.2 Å². The van der Waals surface area contributed by atoms with Gasteiger partial charge in [0.1, 0.15) is 11.9 Å². The summed E-state index contributed by atoms with van der Waals surface area (Å²) in [4.78, 5) is 0. The van der Waals surface area contributed by atoms with Crippen molar-refractivity contribution < 1.29 is 14.6 Å². The minimum Gasteiger partial charge on any atom is -0.497 e. The minimum absolute atomic E-state index is 0.0739. The summed E-state index contributed by atoms with van der Waals surface area (Å²) in [6.07, 6.45) is 3.58. The van der Waals surface area contributed by atoms with Gasteiger partial charge in [0.15, 0.2) is 0 Å². The summed E-state index contributed by atoms with van der Waals surface area (Å²) < 4.78 is 11.2. The first-order chi connectivity index (χ1) is 9.65. The second-order valence-corrected chi connectivity index (χ2v) is 5.81. The van der Waals surface area contributed by atoms with Crippen molar-refractivity contribution in [2.75, 3.05) is 13.7 Å². The Morgan fingerprint density at radius 3 is 2.90 bits per heavy atom. The molecule has 0 saturated heterocycles. The Hall–Kier alpha value is -1.06. The van der Waals surface area contributed by atoms with Crippen LogP contribution in [0.4, 0.5) is 0 Å². The number of aryl methyl sites for hydroxylation is 1. The zero-order chi connectivity index (χ0) is 14.5. The fraction of sp³-hybridized carbons (Fsp3) is 0.647. The molecular formula is C17H26O3. The van der Waals surface area contributed by atoms with Crippen molar-refractivity contribution in [3.63, 3.8) is 0 Å². The fourth-order valence-electron chi connectivity index (χ4n) is 2.91. The third-order valence-corrected chi connectivity index (χ3v) is 4.10. The zero-order valence-electron chi connectivity index (χ0n) is 12.8. The molecule has 0 fully saturated rings. The highest BCUT2D eigenvalue weighted by Crippen LogP contribution is 2.34. The topological polar surface area (TPSA) is 38.7 Å². The Bertz CT molecular complexity index is 430. The fourth-order valence-corrected chi connectivity index (χ4v) is 2.91. The quantitative estimate of drug-likeness (QED) is 0.865. The Morgan fingerprint density at radius 2 is 2.20 bits per heavy atom. The largest absolute Gasteiger partial charge is 0.497 e. The van der Waals surface area contributed by atoms with Crippen molar-refractivity contribution >= 4 is 0 Å². The predicted octanol–water partition coefficient (Wildman–Crippen LogP) is 3.50. The van der Waals surface area contributed by atoms with Gasteiger partial charge in [-0.15, -0.1) is 0 Å². The number of aliphatic hydroxyl groups excluding tert-OH is 1. The number of hydrogen-bond acceptors (Lipinski definition) is 3. The molecule has 112 valence electrons. The highest BCUT2D eigenvalue weighted by molar-refractivity contribution is 5.39. The predicted molar refractivity (Wildman–Crippen MR) is 80.1 cm³/mol. The molecule has 0 aliphatic heterocycles. The van der Waals surface area contributed by atoms with Gasteiger partial charge in [0.25, 0.3) is 0 Å². The van der Waals surface area contributed by atoms with E-state index < -0.39 is 6.10 Å². The van der Waals surface area contributed by atoms with Gasteiger partial charge >= 0.3 is 0 Å². The number of benzene rings is 1. The van der Waals surface area contributed by atoms with Gasteiger partial charge in [-0.1, -0.05) is 26.3 Å². The molecule has 1 aromatic rings. The van der Waals surface area contributed by atoms with E-state index in [2.05, 4.69) is 13.8 Å². The van der Waals surface area contributed by atoms with Crippen LogP contribution in [0.3, 0.4) is 0 Å². The summed E-state index contributed by atoms with van der Waals surface area (Å²) in [7, 11) is 1.67. The van der Waals surface area contributed by atoms with E-state index in [-0.39, 0.29) is 6.10 Å². The number of fused-ring (bicyclic) bond motifs is 1. The molecule has 1 aliphatic carbocycles. The number of rotatable bonds is 6. The van der Waals surface area contributed by atoms with E-state index in [0.717, 1.165) is 30.8 Å². The molecule has 0 amide bonds. The smallest absolute Gasteiger partial charge is 0.119 e. The van der Waals surface area contributed by atoms with E-state index in [1.807, 2.05) is 18.2 Å². The molecule has 0 spiro atoms. The van der Waals surface area contributed by atoms with Crippen LogP contribution in [0.5, 0.6) is 5.75 Å². The monoisotopic (exact) mass is 278 g/mol. The molecule has 3 atom stereocenters. The first kappa shape index (κ1) is 15.3. The molecule has 3 nitrogen and oxygen atoms in total. The van der Waals surface area contributed by atoms with Crippen molar-refractivity contribution in [2.24, 2.45) is 5.92 Å². The van der Waals surface area contributed by atoms with E-state index in [9.17, 15) is 5.11 Å². The molecule has 0 heterocycles. The Morgan fingerprint density at radius 1 is 1.40 bits per heavy atom. The standard InChI is InChI=1S/C17H26O3/c1-4-5-12(2)11-20-16-9-6-13-10-14(19-3)7-8-15(13)17(16)18/h7-8,10,12,16-18H,4-6,9,11H2,1-3H3. The van der Waals surface area contributed by atoms with Crippen LogP contribution < -0.4 is 4.74 Å². The number of hydrogen-bond donors (Lipinski definition) is 1. The average Bonchev–Trinajstić information content (AvgIpc) is 2.46. The lowest BCUT2D eigenvalue weighted by Crippen LogP contribution is -2.29. The minimum atomic E-state index is -0.515. The van der Waals surface area contributed by atoms with Crippen molar-refractivity contribution in [2.45, 2.75) is 51.7 Å². The van der Waals surface area contributed by atoms with Crippen molar-refractivity contribution in [3.05, 3.63) is 29.3 Å². The Kier molecular flexibility index (Phi) is 5.44. The lowest BCUT2D eigenvalue weighted by molar-refractivity contribution is -0.0588. The molecule has 0 saturated carbocycles. The molecule has 1 N–H and O–H groups in total. The maximum absolute atomic E-state index is 10.5. The van der Waals surface area contributed by atoms with Crippen LogP contribution in [0.1, 0.15) is 50.3 Å². The number of aliphatic hydroxyl groups is 1.